The van der Waals surface area contributed by atoms with Gasteiger partial charge in [-0.15, -0.1) is 0 Å². The molecule has 1 amide bonds. The number of rotatable bonds is 9. The number of hydrogen-bond acceptors (Lipinski definition) is 5. The number of carbonyl (C=O) groups excluding carboxylic acids is 1. The summed E-state index contributed by atoms with van der Waals surface area (Å²) in [5.41, 5.74) is 4.39. The number of carbonyl (C=O) groups is 1. The number of methoxy groups -OCH3 is 2. The van der Waals surface area contributed by atoms with Crippen molar-refractivity contribution in [2.45, 2.75) is 32.2 Å². The summed E-state index contributed by atoms with van der Waals surface area (Å²) in [6, 6.07) is 17.5. The van der Waals surface area contributed by atoms with E-state index in [-0.39, 0.29) is 18.0 Å². The van der Waals surface area contributed by atoms with Crippen molar-refractivity contribution in [1.29, 1.82) is 0 Å². The van der Waals surface area contributed by atoms with Gasteiger partial charge >= 0.3 is 0 Å². The SMILES string of the molecule is COc1ccc(S(=O)(=O)N(CC(=O)Nc2c(C)cc(C)cc2C)Cc2ccccc2)cc1OC. The van der Waals surface area contributed by atoms with Crippen molar-refractivity contribution in [1.82, 2.24) is 4.31 Å². The van der Waals surface area contributed by atoms with E-state index in [2.05, 4.69) is 5.32 Å². The summed E-state index contributed by atoms with van der Waals surface area (Å²) in [5, 5.41) is 2.90. The smallest absolute Gasteiger partial charge is 0.243 e. The van der Waals surface area contributed by atoms with E-state index in [1.165, 1.54) is 32.4 Å². The lowest BCUT2D eigenvalue weighted by Crippen LogP contribution is -2.37. The minimum Gasteiger partial charge on any atom is -0.493 e. The molecule has 0 aromatic heterocycles. The van der Waals surface area contributed by atoms with E-state index >= 15 is 0 Å². The van der Waals surface area contributed by atoms with Crippen LogP contribution in [-0.4, -0.2) is 39.4 Å². The van der Waals surface area contributed by atoms with Crippen LogP contribution in [-0.2, 0) is 21.4 Å². The lowest BCUT2D eigenvalue weighted by molar-refractivity contribution is -0.116. The zero-order valence-electron chi connectivity index (χ0n) is 20.1. The van der Waals surface area contributed by atoms with Crippen LogP contribution in [0.2, 0.25) is 0 Å². The van der Waals surface area contributed by atoms with Gasteiger partial charge in [0.05, 0.1) is 25.7 Å². The van der Waals surface area contributed by atoms with Crippen LogP contribution >= 0.6 is 0 Å². The van der Waals surface area contributed by atoms with E-state index in [1.54, 1.807) is 0 Å². The van der Waals surface area contributed by atoms with Crippen LogP contribution in [0.15, 0.2) is 65.6 Å². The molecule has 1 N–H and O–H groups in total. The summed E-state index contributed by atoms with van der Waals surface area (Å²) in [6.07, 6.45) is 0. The molecule has 0 saturated carbocycles. The van der Waals surface area contributed by atoms with Gasteiger partial charge in [0, 0.05) is 18.3 Å². The average Bonchev–Trinajstić information content (AvgIpc) is 2.81. The van der Waals surface area contributed by atoms with E-state index in [0.717, 1.165) is 26.6 Å². The molecule has 0 aliphatic heterocycles. The van der Waals surface area contributed by atoms with E-state index in [0.29, 0.717) is 17.2 Å². The molecule has 3 rings (SSSR count). The number of ether oxygens (including phenoxy) is 2. The molecular formula is C26H30N2O5S. The second-order valence-electron chi connectivity index (χ2n) is 8.10. The highest BCUT2D eigenvalue weighted by atomic mass is 32.2. The number of benzene rings is 3. The molecule has 0 aliphatic rings. The number of hydrogen-bond donors (Lipinski definition) is 1. The van der Waals surface area contributed by atoms with E-state index in [9.17, 15) is 13.2 Å². The number of amides is 1. The van der Waals surface area contributed by atoms with Gasteiger partial charge < -0.3 is 14.8 Å². The molecule has 8 heteroatoms. The van der Waals surface area contributed by atoms with Gasteiger partial charge in [-0.3, -0.25) is 4.79 Å². The fraction of sp³-hybridized carbons (Fsp3) is 0.269. The summed E-state index contributed by atoms with van der Waals surface area (Å²) in [4.78, 5) is 13.1. The molecule has 0 aliphatic carbocycles. The van der Waals surface area contributed by atoms with Crippen LogP contribution in [0.1, 0.15) is 22.3 Å². The van der Waals surface area contributed by atoms with Crippen molar-refractivity contribution in [3.8, 4) is 11.5 Å². The van der Waals surface area contributed by atoms with Crippen LogP contribution in [0, 0.1) is 20.8 Å². The Morgan fingerprint density at radius 2 is 1.50 bits per heavy atom. The first-order chi connectivity index (χ1) is 16.1. The topological polar surface area (TPSA) is 84.9 Å². The molecule has 0 spiro atoms. The molecule has 0 atom stereocenters. The minimum atomic E-state index is -4.03. The van der Waals surface area contributed by atoms with Crippen LogP contribution in [0.5, 0.6) is 11.5 Å². The molecule has 0 saturated heterocycles. The Kier molecular flexibility index (Phi) is 7.96. The van der Waals surface area contributed by atoms with E-state index in [4.69, 9.17) is 9.47 Å². The molecule has 0 fully saturated rings. The van der Waals surface area contributed by atoms with Gasteiger partial charge in [-0.2, -0.15) is 4.31 Å². The number of aryl methyl sites for hydroxylation is 3. The molecular weight excluding hydrogens is 452 g/mol. The van der Waals surface area contributed by atoms with Crippen molar-refractivity contribution in [2.24, 2.45) is 0 Å². The zero-order valence-corrected chi connectivity index (χ0v) is 20.9. The molecule has 0 heterocycles. The Bertz CT molecular complexity index is 1250. The largest absolute Gasteiger partial charge is 0.493 e. The minimum absolute atomic E-state index is 0.0107. The number of nitrogens with zero attached hydrogens (tertiary/aromatic N) is 1. The van der Waals surface area contributed by atoms with Gasteiger partial charge in [0.25, 0.3) is 0 Å². The average molecular weight is 483 g/mol. The van der Waals surface area contributed by atoms with Gasteiger partial charge in [-0.05, 0) is 49.6 Å². The fourth-order valence-electron chi connectivity index (χ4n) is 3.86. The van der Waals surface area contributed by atoms with Crippen LogP contribution in [0.25, 0.3) is 0 Å². The van der Waals surface area contributed by atoms with E-state index in [1.807, 2.05) is 63.2 Å². The predicted molar refractivity (Wildman–Crippen MR) is 133 cm³/mol. The fourth-order valence-corrected chi connectivity index (χ4v) is 5.26. The van der Waals surface area contributed by atoms with Crippen LogP contribution < -0.4 is 14.8 Å². The van der Waals surface area contributed by atoms with Gasteiger partial charge in [0.1, 0.15) is 0 Å². The monoisotopic (exact) mass is 482 g/mol. The number of nitrogens with one attached hydrogen (secondary N) is 1. The predicted octanol–water partition coefficient (Wildman–Crippen LogP) is 4.46. The molecule has 34 heavy (non-hydrogen) atoms. The van der Waals surface area contributed by atoms with Crippen molar-refractivity contribution in [2.75, 3.05) is 26.1 Å². The van der Waals surface area contributed by atoms with Gasteiger partial charge in [0.2, 0.25) is 15.9 Å². The summed E-state index contributed by atoms with van der Waals surface area (Å²) in [6.45, 7) is 5.51. The highest BCUT2D eigenvalue weighted by Gasteiger charge is 2.28. The molecule has 0 unspecified atom stereocenters. The highest BCUT2D eigenvalue weighted by molar-refractivity contribution is 7.89. The van der Waals surface area contributed by atoms with E-state index < -0.39 is 15.9 Å². The maximum absolute atomic E-state index is 13.6. The zero-order chi connectivity index (χ0) is 24.9. The highest BCUT2D eigenvalue weighted by Crippen LogP contribution is 2.31. The molecule has 7 nitrogen and oxygen atoms in total. The third-order valence-corrected chi connectivity index (χ3v) is 7.24. The van der Waals surface area contributed by atoms with Crippen molar-refractivity contribution in [3.05, 3.63) is 82.9 Å². The third kappa shape index (κ3) is 5.76. The van der Waals surface area contributed by atoms with Crippen molar-refractivity contribution in [3.63, 3.8) is 0 Å². The number of sulfonamides is 1. The first-order valence-electron chi connectivity index (χ1n) is 10.8. The Morgan fingerprint density at radius 3 is 2.09 bits per heavy atom. The standard InChI is InChI=1S/C26H30N2O5S/c1-18-13-19(2)26(20(3)14-18)27-25(29)17-28(16-21-9-7-6-8-10-21)34(30,31)22-11-12-23(32-4)24(15-22)33-5/h6-15H,16-17H2,1-5H3,(H,27,29). The van der Waals surface area contributed by atoms with Gasteiger partial charge in [0.15, 0.2) is 11.5 Å². The van der Waals surface area contributed by atoms with Crippen LogP contribution in [0.4, 0.5) is 5.69 Å². The summed E-state index contributed by atoms with van der Waals surface area (Å²) >= 11 is 0. The molecule has 3 aromatic carbocycles. The molecule has 0 bridgehead atoms. The Hall–Kier alpha value is -3.36. The lowest BCUT2D eigenvalue weighted by atomic mass is 10.1. The maximum Gasteiger partial charge on any atom is 0.243 e. The van der Waals surface area contributed by atoms with Gasteiger partial charge in [-0.1, -0.05) is 48.0 Å². The van der Waals surface area contributed by atoms with Crippen LogP contribution in [0.3, 0.4) is 0 Å². The summed E-state index contributed by atoms with van der Waals surface area (Å²) in [7, 11) is -1.11. The Labute approximate surface area is 201 Å². The summed E-state index contributed by atoms with van der Waals surface area (Å²) < 4.78 is 38.9. The molecule has 3 aromatic rings. The summed E-state index contributed by atoms with van der Waals surface area (Å²) in [5.74, 6) is 0.285. The Morgan fingerprint density at radius 1 is 0.882 bits per heavy atom. The first kappa shape index (κ1) is 25.3. The first-order valence-corrected chi connectivity index (χ1v) is 12.2. The normalized spacial score (nSPS) is 11.4. The Balaban J connectivity index is 1.95. The van der Waals surface area contributed by atoms with Crippen molar-refractivity contribution >= 4 is 21.6 Å². The second kappa shape index (κ2) is 10.7. The quantitative estimate of drug-likeness (QED) is 0.487. The van der Waals surface area contributed by atoms with Crippen molar-refractivity contribution < 1.29 is 22.7 Å². The number of anilines is 1. The third-order valence-electron chi connectivity index (χ3n) is 5.46. The second-order valence-corrected chi connectivity index (χ2v) is 10.0. The maximum atomic E-state index is 13.6. The van der Waals surface area contributed by atoms with Gasteiger partial charge in [-0.25, -0.2) is 8.42 Å². The molecule has 0 radical (unpaired) electrons. The molecule has 180 valence electrons. The lowest BCUT2D eigenvalue weighted by Gasteiger charge is -2.23.